The van der Waals surface area contributed by atoms with Crippen LogP contribution < -0.4 is 5.32 Å². The SMILES string of the molecule is O=C(NC(c1ccc(Cl)cc1)c1ccsc1)c1cccc(S(=O)(=O)N2CCOCC2)c1. The highest BCUT2D eigenvalue weighted by molar-refractivity contribution is 7.89. The molecule has 3 aromatic rings. The maximum absolute atomic E-state index is 13.1. The van der Waals surface area contributed by atoms with E-state index in [0.29, 0.717) is 31.3 Å². The average Bonchev–Trinajstić information content (AvgIpc) is 3.33. The van der Waals surface area contributed by atoms with Crippen molar-refractivity contribution in [1.82, 2.24) is 9.62 Å². The molecule has 1 N–H and O–H groups in total. The molecule has 1 unspecified atom stereocenters. The third kappa shape index (κ3) is 4.99. The molecular weight excluding hydrogens is 456 g/mol. The van der Waals surface area contributed by atoms with Gasteiger partial charge in [0.05, 0.1) is 24.2 Å². The number of hydrogen-bond acceptors (Lipinski definition) is 5. The van der Waals surface area contributed by atoms with Crippen molar-refractivity contribution in [2.75, 3.05) is 26.3 Å². The fraction of sp³-hybridized carbons (Fsp3) is 0.227. The minimum Gasteiger partial charge on any atom is -0.379 e. The third-order valence-corrected chi connectivity index (χ3v) is 7.91. The van der Waals surface area contributed by atoms with Gasteiger partial charge < -0.3 is 10.1 Å². The van der Waals surface area contributed by atoms with E-state index in [1.54, 1.807) is 24.3 Å². The molecule has 162 valence electrons. The van der Waals surface area contributed by atoms with Gasteiger partial charge in [-0.3, -0.25) is 4.79 Å². The summed E-state index contributed by atoms with van der Waals surface area (Å²) >= 11 is 7.55. The van der Waals surface area contributed by atoms with Gasteiger partial charge in [-0.25, -0.2) is 8.42 Å². The lowest BCUT2D eigenvalue weighted by Gasteiger charge is -2.26. The molecule has 2 aromatic carbocycles. The summed E-state index contributed by atoms with van der Waals surface area (Å²) in [6.07, 6.45) is 0. The summed E-state index contributed by atoms with van der Waals surface area (Å²) in [7, 11) is -3.69. The highest BCUT2D eigenvalue weighted by Crippen LogP contribution is 2.26. The van der Waals surface area contributed by atoms with Crippen LogP contribution in [0.5, 0.6) is 0 Å². The van der Waals surface area contributed by atoms with E-state index < -0.39 is 10.0 Å². The van der Waals surface area contributed by atoms with Gasteiger partial charge in [0.25, 0.3) is 5.91 Å². The monoisotopic (exact) mass is 476 g/mol. The van der Waals surface area contributed by atoms with Crippen LogP contribution >= 0.6 is 22.9 Å². The number of carbonyl (C=O) groups is 1. The summed E-state index contributed by atoms with van der Waals surface area (Å²) in [5.41, 5.74) is 2.11. The Labute approximate surface area is 190 Å². The fourth-order valence-electron chi connectivity index (χ4n) is 3.40. The van der Waals surface area contributed by atoms with Gasteiger partial charge in [0.2, 0.25) is 10.0 Å². The zero-order valence-corrected chi connectivity index (χ0v) is 18.9. The number of hydrogen-bond donors (Lipinski definition) is 1. The first-order valence-electron chi connectivity index (χ1n) is 9.71. The van der Waals surface area contributed by atoms with Gasteiger partial charge in [0, 0.05) is 23.7 Å². The molecule has 1 atom stereocenters. The molecule has 0 bridgehead atoms. The lowest BCUT2D eigenvalue weighted by Crippen LogP contribution is -2.40. The van der Waals surface area contributed by atoms with Crippen LogP contribution in [0.4, 0.5) is 0 Å². The van der Waals surface area contributed by atoms with Crippen molar-refractivity contribution < 1.29 is 17.9 Å². The Morgan fingerprint density at radius 2 is 1.81 bits per heavy atom. The van der Waals surface area contributed by atoms with E-state index in [1.807, 2.05) is 29.0 Å². The van der Waals surface area contributed by atoms with Crippen LogP contribution in [0.1, 0.15) is 27.5 Å². The summed E-state index contributed by atoms with van der Waals surface area (Å²) in [6.45, 7) is 1.33. The summed E-state index contributed by atoms with van der Waals surface area (Å²) in [4.78, 5) is 13.2. The largest absolute Gasteiger partial charge is 0.379 e. The van der Waals surface area contributed by atoms with Gasteiger partial charge in [-0.05, 0) is 58.3 Å². The van der Waals surface area contributed by atoms with Crippen molar-refractivity contribution in [3.05, 3.63) is 87.1 Å². The molecule has 0 saturated carbocycles. The molecule has 0 aliphatic carbocycles. The van der Waals surface area contributed by atoms with Gasteiger partial charge in [-0.15, -0.1) is 0 Å². The standard InChI is InChI=1S/C22H21ClN2O4S2/c23-19-6-4-16(5-7-19)21(18-8-13-30-15-18)24-22(26)17-2-1-3-20(14-17)31(27,28)25-9-11-29-12-10-25/h1-8,13-15,21H,9-12H2,(H,24,26). The molecule has 1 aliphatic rings. The number of morpholine rings is 1. The highest BCUT2D eigenvalue weighted by atomic mass is 35.5. The van der Waals surface area contributed by atoms with Gasteiger partial charge >= 0.3 is 0 Å². The van der Waals surface area contributed by atoms with E-state index in [0.717, 1.165) is 11.1 Å². The number of carbonyl (C=O) groups excluding carboxylic acids is 1. The van der Waals surface area contributed by atoms with Crippen LogP contribution in [-0.2, 0) is 14.8 Å². The highest BCUT2D eigenvalue weighted by Gasteiger charge is 2.27. The maximum atomic E-state index is 13.1. The molecule has 1 fully saturated rings. The number of amides is 1. The van der Waals surface area contributed by atoms with E-state index in [4.69, 9.17) is 16.3 Å². The summed E-state index contributed by atoms with van der Waals surface area (Å²) < 4.78 is 32.5. The number of thiophene rings is 1. The Kier molecular flexibility index (Phi) is 6.74. The fourth-order valence-corrected chi connectivity index (χ4v) is 5.67. The number of benzene rings is 2. The number of halogens is 1. The zero-order valence-electron chi connectivity index (χ0n) is 16.5. The number of nitrogens with zero attached hydrogens (tertiary/aromatic N) is 1. The molecule has 1 amide bonds. The van der Waals surface area contributed by atoms with Crippen molar-refractivity contribution in [2.45, 2.75) is 10.9 Å². The van der Waals surface area contributed by atoms with Crippen molar-refractivity contribution in [3.8, 4) is 0 Å². The van der Waals surface area contributed by atoms with E-state index in [-0.39, 0.29) is 22.4 Å². The normalized spacial score (nSPS) is 16.0. The molecule has 2 heterocycles. The lowest BCUT2D eigenvalue weighted by atomic mass is 10.0. The quantitative estimate of drug-likeness (QED) is 0.584. The third-order valence-electron chi connectivity index (χ3n) is 5.06. The Morgan fingerprint density at radius 1 is 1.06 bits per heavy atom. The Balaban J connectivity index is 1.60. The molecule has 9 heteroatoms. The summed E-state index contributed by atoms with van der Waals surface area (Å²) in [5.74, 6) is -0.356. The molecule has 0 spiro atoms. The molecular formula is C22H21ClN2O4S2. The van der Waals surface area contributed by atoms with Gasteiger partial charge in [-0.1, -0.05) is 29.8 Å². The first-order chi connectivity index (χ1) is 14.9. The molecule has 1 aromatic heterocycles. The predicted octanol–water partition coefficient (Wildman–Crippen LogP) is 3.94. The maximum Gasteiger partial charge on any atom is 0.252 e. The Hall–Kier alpha value is -2.23. The van der Waals surface area contributed by atoms with Crippen LogP contribution in [0.15, 0.2) is 70.3 Å². The van der Waals surface area contributed by atoms with Crippen LogP contribution in [0.3, 0.4) is 0 Å². The van der Waals surface area contributed by atoms with Gasteiger partial charge in [-0.2, -0.15) is 15.6 Å². The van der Waals surface area contributed by atoms with Crippen molar-refractivity contribution in [1.29, 1.82) is 0 Å². The lowest BCUT2D eigenvalue weighted by molar-refractivity contribution is 0.0730. The van der Waals surface area contributed by atoms with Crippen LogP contribution in [0.25, 0.3) is 0 Å². The summed E-state index contributed by atoms with van der Waals surface area (Å²) in [5, 5.41) is 7.55. The smallest absolute Gasteiger partial charge is 0.252 e. The van der Waals surface area contributed by atoms with E-state index in [2.05, 4.69) is 5.32 Å². The number of sulfonamides is 1. The Morgan fingerprint density at radius 3 is 2.48 bits per heavy atom. The first kappa shape index (κ1) is 22.0. The van der Waals surface area contributed by atoms with E-state index >= 15 is 0 Å². The van der Waals surface area contributed by atoms with Crippen LogP contribution in [0, 0.1) is 0 Å². The second-order valence-corrected chi connectivity index (χ2v) is 10.2. The zero-order chi connectivity index (χ0) is 21.8. The minimum atomic E-state index is -3.69. The molecule has 1 saturated heterocycles. The molecule has 4 rings (SSSR count). The first-order valence-corrected chi connectivity index (χ1v) is 12.5. The van der Waals surface area contributed by atoms with Gasteiger partial charge in [0.15, 0.2) is 0 Å². The number of rotatable bonds is 6. The molecule has 31 heavy (non-hydrogen) atoms. The van der Waals surface area contributed by atoms with Gasteiger partial charge in [0.1, 0.15) is 0 Å². The van der Waals surface area contributed by atoms with E-state index in [1.165, 1.54) is 27.8 Å². The van der Waals surface area contributed by atoms with Crippen LogP contribution in [-0.4, -0.2) is 44.9 Å². The van der Waals surface area contributed by atoms with Crippen molar-refractivity contribution in [3.63, 3.8) is 0 Å². The van der Waals surface area contributed by atoms with E-state index in [9.17, 15) is 13.2 Å². The molecule has 6 nitrogen and oxygen atoms in total. The topological polar surface area (TPSA) is 75.7 Å². The predicted molar refractivity (Wildman–Crippen MR) is 121 cm³/mol. The minimum absolute atomic E-state index is 0.0978. The second kappa shape index (κ2) is 9.50. The average molecular weight is 477 g/mol. The van der Waals surface area contributed by atoms with Crippen molar-refractivity contribution >= 4 is 38.9 Å². The second-order valence-electron chi connectivity index (χ2n) is 7.06. The number of ether oxygens (including phenoxy) is 1. The molecule has 0 radical (unpaired) electrons. The van der Waals surface area contributed by atoms with Crippen LogP contribution in [0.2, 0.25) is 5.02 Å². The Bertz CT molecular complexity index is 1140. The summed E-state index contributed by atoms with van der Waals surface area (Å²) in [6, 6.07) is 15.0. The van der Waals surface area contributed by atoms with Crippen molar-refractivity contribution in [2.24, 2.45) is 0 Å². The molecule has 1 aliphatic heterocycles. The number of nitrogens with one attached hydrogen (secondary N) is 1.